The van der Waals surface area contributed by atoms with Crippen molar-refractivity contribution in [3.8, 4) is 0 Å². The molecule has 100 valence electrons. The quantitative estimate of drug-likeness (QED) is 0.652. The molecule has 6 heteroatoms. The summed E-state index contributed by atoms with van der Waals surface area (Å²) < 4.78 is 0. The highest BCUT2D eigenvalue weighted by atomic mass is 32.2. The molecule has 0 spiro atoms. The molecule has 2 atom stereocenters. The third-order valence-corrected chi connectivity index (χ3v) is 3.34. The van der Waals surface area contributed by atoms with Gasteiger partial charge < -0.3 is 15.7 Å². The molecule has 0 aliphatic heterocycles. The molecule has 0 fully saturated rings. The standard InChI is InChI=1S/C11H22N2O3S/c1-5-11(3,9(14)15)13-10(16)12-8(2)6-7-17-4/h8H,5-7H2,1-4H3,(H,14,15)(H2,12,13,16). The van der Waals surface area contributed by atoms with Crippen molar-refractivity contribution in [2.75, 3.05) is 12.0 Å². The summed E-state index contributed by atoms with van der Waals surface area (Å²) in [6.07, 6.45) is 3.21. The molecule has 0 saturated heterocycles. The van der Waals surface area contributed by atoms with Crippen molar-refractivity contribution in [2.45, 2.75) is 45.2 Å². The lowest BCUT2D eigenvalue weighted by molar-refractivity contribution is -0.143. The van der Waals surface area contributed by atoms with Crippen molar-refractivity contribution >= 4 is 23.8 Å². The van der Waals surface area contributed by atoms with Crippen molar-refractivity contribution in [2.24, 2.45) is 0 Å². The van der Waals surface area contributed by atoms with Crippen LogP contribution in [0.4, 0.5) is 4.79 Å². The first-order chi connectivity index (χ1) is 7.85. The first kappa shape index (κ1) is 16.1. The van der Waals surface area contributed by atoms with E-state index in [0.29, 0.717) is 6.42 Å². The molecule has 0 aromatic rings. The van der Waals surface area contributed by atoms with E-state index in [1.807, 2.05) is 13.2 Å². The van der Waals surface area contributed by atoms with Gasteiger partial charge in [-0.3, -0.25) is 0 Å². The van der Waals surface area contributed by atoms with E-state index in [9.17, 15) is 9.59 Å². The number of carboxylic acid groups (broad SMARTS) is 1. The fourth-order valence-electron chi connectivity index (χ4n) is 1.17. The Labute approximate surface area is 107 Å². The summed E-state index contributed by atoms with van der Waals surface area (Å²) >= 11 is 1.71. The Balaban J connectivity index is 4.20. The highest BCUT2D eigenvalue weighted by molar-refractivity contribution is 7.98. The van der Waals surface area contributed by atoms with Gasteiger partial charge in [-0.25, -0.2) is 9.59 Å². The van der Waals surface area contributed by atoms with Gasteiger partial charge in [-0.05, 0) is 38.7 Å². The number of thioether (sulfide) groups is 1. The van der Waals surface area contributed by atoms with Gasteiger partial charge in [0.15, 0.2) is 0 Å². The largest absolute Gasteiger partial charge is 0.480 e. The van der Waals surface area contributed by atoms with Crippen LogP contribution in [0, 0.1) is 0 Å². The molecule has 0 aromatic heterocycles. The van der Waals surface area contributed by atoms with Crippen LogP contribution < -0.4 is 10.6 Å². The lowest BCUT2D eigenvalue weighted by atomic mass is 10.00. The van der Waals surface area contributed by atoms with Crippen LogP contribution in [-0.2, 0) is 4.79 Å². The second-order valence-corrected chi connectivity index (χ2v) is 5.26. The first-order valence-electron chi connectivity index (χ1n) is 5.66. The first-order valence-corrected chi connectivity index (χ1v) is 7.06. The van der Waals surface area contributed by atoms with Crippen LogP contribution in [0.25, 0.3) is 0 Å². The van der Waals surface area contributed by atoms with E-state index in [1.54, 1.807) is 18.7 Å². The molecule has 2 unspecified atom stereocenters. The number of rotatable bonds is 7. The summed E-state index contributed by atoms with van der Waals surface area (Å²) in [5.41, 5.74) is -1.21. The van der Waals surface area contributed by atoms with Crippen LogP contribution in [0.3, 0.4) is 0 Å². The maximum absolute atomic E-state index is 11.6. The molecule has 2 amide bonds. The Morgan fingerprint density at radius 2 is 2.06 bits per heavy atom. The number of carbonyl (C=O) groups excluding carboxylic acids is 1. The predicted molar refractivity (Wildman–Crippen MR) is 70.5 cm³/mol. The summed E-state index contributed by atoms with van der Waals surface area (Å²) in [5, 5.41) is 14.2. The fraction of sp³-hybridized carbons (Fsp3) is 0.818. The summed E-state index contributed by atoms with van der Waals surface area (Å²) in [6, 6.07) is -0.386. The maximum atomic E-state index is 11.6. The molecule has 0 radical (unpaired) electrons. The minimum Gasteiger partial charge on any atom is -0.480 e. The molecule has 0 saturated carbocycles. The Hall–Kier alpha value is -0.910. The van der Waals surface area contributed by atoms with Gasteiger partial charge in [-0.15, -0.1) is 0 Å². The number of carbonyl (C=O) groups is 2. The molecular weight excluding hydrogens is 240 g/mol. The Kier molecular flexibility index (Phi) is 7.03. The SMILES string of the molecule is CCC(C)(NC(=O)NC(C)CCSC)C(=O)O. The topological polar surface area (TPSA) is 78.4 Å². The number of amides is 2. The zero-order valence-electron chi connectivity index (χ0n) is 10.9. The van der Waals surface area contributed by atoms with E-state index < -0.39 is 17.5 Å². The van der Waals surface area contributed by atoms with Crippen LogP contribution in [0.5, 0.6) is 0 Å². The molecule has 0 aromatic carbocycles. The number of hydrogen-bond acceptors (Lipinski definition) is 3. The van der Waals surface area contributed by atoms with Crippen molar-refractivity contribution in [1.29, 1.82) is 0 Å². The molecule has 0 aliphatic carbocycles. The second kappa shape index (κ2) is 7.42. The highest BCUT2D eigenvalue weighted by Crippen LogP contribution is 2.09. The Morgan fingerprint density at radius 1 is 1.47 bits per heavy atom. The number of carboxylic acids is 1. The van der Waals surface area contributed by atoms with Crippen molar-refractivity contribution in [3.63, 3.8) is 0 Å². The third-order valence-electron chi connectivity index (χ3n) is 2.70. The maximum Gasteiger partial charge on any atom is 0.329 e. The van der Waals surface area contributed by atoms with Gasteiger partial charge in [-0.1, -0.05) is 6.92 Å². The Morgan fingerprint density at radius 3 is 2.47 bits per heavy atom. The average molecular weight is 262 g/mol. The van der Waals surface area contributed by atoms with E-state index in [4.69, 9.17) is 5.11 Å². The smallest absolute Gasteiger partial charge is 0.329 e. The molecule has 17 heavy (non-hydrogen) atoms. The van der Waals surface area contributed by atoms with Crippen LogP contribution in [-0.4, -0.2) is 40.7 Å². The van der Waals surface area contributed by atoms with Gasteiger partial charge in [0.1, 0.15) is 5.54 Å². The molecule has 0 heterocycles. The predicted octanol–water partition coefficient (Wildman–Crippen LogP) is 1.68. The van der Waals surface area contributed by atoms with E-state index in [0.717, 1.165) is 12.2 Å². The zero-order valence-corrected chi connectivity index (χ0v) is 11.7. The Bertz CT molecular complexity index is 273. The van der Waals surface area contributed by atoms with Crippen LogP contribution in [0.15, 0.2) is 0 Å². The molecular formula is C11H22N2O3S. The fourth-order valence-corrected chi connectivity index (χ4v) is 1.76. The van der Waals surface area contributed by atoms with Gasteiger partial charge in [0.05, 0.1) is 0 Å². The molecule has 3 N–H and O–H groups in total. The lowest BCUT2D eigenvalue weighted by Crippen LogP contribution is -2.56. The number of urea groups is 1. The van der Waals surface area contributed by atoms with E-state index in [-0.39, 0.29) is 6.04 Å². The van der Waals surface area contributed by atoms with Gasteiger partial charge in [0.2, 0.25) is 0 Å². The normalized spacial score (nSPS) is 15.8. The van der Waals surface area contributed by atoms with Crippen LogP contribution in [0.2, 0.25) is 0 Å². The van der Waals surface area contributed by atoms with Gasteiger partial charge in [0.25, 0.3) is 0 Å². The van der Waals surface area contributed by atoms with Crippen molar-refractivity contribution in [3.05, 3.63) is 0 Å². The summed E-state index contributed by atoms with van der Waals surface area (Å²) in [7, 11) is 0. The van der Waals surface area contributed by atoms with Gasteiger partial charge in [-0.2, -0.15) is 11.8 Å². The molecule has 0 rings (SSSR count). The monoisotopic (exact) mass is 262 g/mol. The van der Waals surface area contributed by atoms with E-state index >= 15 is 0 Å². The van der Waals surface area contributed by atoms with Gasteiger partial charge >= 0.3 is 12.0 Å². The number of aliphatic carboxylic acids is 1. The minimum atomic E-state index is -1.21. The summed E-state index contributed by atoms with van der Waals surface area (Å²) in [4.78, 5) is 22.6. The number of nitrogens with one attached hydrogen (secondary N) is 2. The van der Waals surface area contributed by atoms with E-state index in [1.165, 1.54) is 6.92 Å². The molecule has 0 aliphatic rings. The van der Waals surface area contributed by atoms with Crippen LogP contribution >= 0.6 is 11.8 Å². The second-order valence-electron chi connectivity index (χ2n) is 4.27. The summed E-state index contributed by atoms with van der Waals surface area (Å²) in [6.45, 7) is 5.13. The summed E-state index contributed by atoms with van der Waals surface area (Å²) in [5.74, 6) is -0.0577. The van der Waals surface area contributed by atoms with Crippen LogP contribution in [0.1, 0.15) is 33.6 Å². The van der Waals surface area contributed by atoms with Crippen molar-refractivity contribution < 1.29 is 14.7 Å². The third kappa shape index (κ3) is 5.81. The van der Waals surface area contributed by atoms with Gasteiger partial charge in [0, 0.05) is 6.04 Å². The molecule has 0 bridgehead atoms. The highest BCUT2D eigenvalue weighted by Gasteiger charge is 2.32. The number of hydrogen-bond donors (Lipinski definition) is 3. The average Bonchev–Trinajstić information content (AvgIpc) is 2.25. The van der Waals surface area contributed by atoms with Crippen molar-refractivity contribution in [1.82, 2.24) is 10.6 Å². The van der Waals surface area contributed by atoms with E-state index in [2.05, 4.69) is 10.6 Å². The lowest BCUT2D eigenvalue weighted by Gasteiger charge is -2.25. The zero-order chi connectivity index (χ0) is 13.5. The molecule has 5 nitrogen and oxygen atoms in total. The minimum absolute atomic E-state index is 0.0392.